The van der Waals surface area contributed by atoms with Gasteiger partial charge in [0.1, 0.15) is 6.04 Å². The number of fused-ring (bicyclic) bond motifs is 1. The van der Waals surface area contributed by atoms with E-state index in [4.69, 9.17) is 0 Å². The van der Waals surface area contributed by atoms with Crippen molar-refractivity contribution in [2.45, 2.75) is 17.6 Å². The molecule has 2 heterocycles. The summed E-state index contributed by atoms with van der Waals surface area (Å²) in [5.74, 6) is -1.43. The summed E-state index contributed by atoms with van der Waals surface area (Å²) in [6.45, 7) is 0. The maximum absolute atomic E-state index is 12.1. The molecule has 0 saturated carbocycles. The maximum atomic E-state index is 12.1. The van der Waals surface area contributed by atoms with Gasteiger partial charge in [0.2, 0.25) is 11.1 Å². The lowest BCUT2D eigenvalue weighted by molar-refractivity contribution is -0.141. The molecule has 10 heteroatoms. The molecule has 1 amide bonds. The molecule has 1 aromatic carbocycles. The average Bonchev–Trinajstić information content (AvgIpc) is 3.19. The average molecular weight is 360 g/mol. The topological polar surface area (TPSA) is 126 Å². The molecule has 25 heavy (non-hydrogen) atoms. The Kier molecular flexibility index (Phi) is 4.98. The number of para-hydroxylation sites is 1. The first-order valence-corrected chi connectivity index (χ1v) is 8.45. The van der Waals surface area contributed by atoms with Gasteiger partial charge in [-0.1, -0.05) is 30.0 Å². The van der Waals surface area contributed by atoms with Crippen LogP contribution in [0.25, 0.3) is 10.9 Å². The van der Waals surface area contributed by atoms with Crippen molar-refractivity contribution in [3.63, 3.8) is 0 Å². The van der Waals surface area contributed by atoms with Crippen LogP contribution in [0.3, 0.4) is 0 Å². The minimum Gasteiger partial charge on any atom is -0.480 e. The van der Waals surface area contributed by atoms with Gasteiger partial charge >= 0.3 is 5.97 Å². The molecule has 0 radical (unpaired) electrons. The van der Waals surface area contributed by atoms with Gasteiger partial charge in [-0.2, -0.15) is 0 Å². The van der Waals surface area contributed by atoms with Gasteiger partial charge in [0.15, 0.2) is 0 Å². The van der Waals surface area contributed by atoms with Gasteiger partial charge in [0, 0.05) is 30.6 Å². The van der Waals surface area contributed by atoms with Crippen LogP contribution in [-0.2, 0) is 23.1 Å². The lowest BCUT2D eigenvalue weighted by Crippen LogP contribution is -2.43. The Bertz CT molecular complexity index is 905. The molecule has 0 spiro atoms. The first-order valence-electron chi connectivity index (χ1n) is 7.47. The summed E-state index contributed by atoms with van der Waals surface area (Å²) >= 11 is 1.14. The van der Waals surface area contributed by atoms with Crippen LogP contribution < -0.4 is 5.32 Å². The lowest BCUT2D eigenvalue weighted by Gasteiger charge is -2.14. The predicted molar refractivity (Wildman–Crippen MR) is 91.1 cm³/mol. The molecule has 1 unspecified atom stereocenters. The second-order valence-corrected chi connectivity index (χ2v) is 6.34. The largest absolute Gasteiger partial charge is 0.480 e. The van der Waals surface area contributed by atoms with Crippen molar-refractivity contribution in [1.29, 1.82) is 0 Å². The Balaban J connectivity index is 1.64. The van der Waals surface area contributed by atoms with Crippen LogP contribution in [0.2, 0.25) is 0 Å². The standard InChI is InChI=1S/C15H16N6O3S/c1-21-15(18-19-20-21)25-8-13(22)17-12(14(23)24)6-9-7-16-11-5-3-2-4-10(9)11/h2-5,7,12,16H,6,8H2,1H3,(H,17,22)(H,23,24). The summed E-state index contributed by atoms with van der Waals surface area (Å²) < 4.78 is 1.44. The minimum absolute atomic E-state index is 0.0336. The number of aromatic nitrogens is 5. The molecule has 9 nitrogen and oxygen atoms in total. The number of nitrogens with one attached hydrogen (secondary N) is 2. The Hall–Kier alpha value is -2.88. The number of tetrazole rings is 1. The number of rotatable bonds is 7. The van der Waals surface area contributed by atoms with Gasteiger partial charge in [0.25, 0.3) is 0 Å². The Morgan fingerprint density at radius 2 is 2.20 bits per heavy atom. The molecular weight excluding hydrogens is 344 g/mol. The highest BCUT2D eigenvalue weighted by molar-refractivity contribution is 7.99. The fraction of sp³-hybridized carbons (Fsp3) is 0.267. The van der Waals surface area contributed by atoms with Crippen LogP contribution in [-0.4, -0.2) is 54.0 Å². The molecule has 3 rings (SSSR count). The first-order chi connectivity index (χ1) is 12.0. The fourth-order valence-corrected chi connectivity index (χ4v) is 3.09. The highest BCUT2D eigenvalue weighted by Gasteiger charge is 2.22. The number of amides is 1. The van der Waals surface area contributed by atoms with Gasteiger partial charge in [-0.3, -0.25) is 4.79 Å². The molecule has 0 aliphatic carbocycles. The zero-order valence-corrected chi connectivity index (χ0v) is 14.2. The van der Waals surface area contributed by atoms with Crippen LogP contribution >= 0.6 is 11.8 Å². The maximum Gasteiger partial charge on any atom is 0.326 e. The van der Waals surface area contributed by atoms with E-state index >= 15 is 0 Å². The number of aromatic amines is 1. The fourth-order valence-electron chi connectivity index (χ4n) is 2.43. The number of aryl methyl sites for hydroxylation is 1. The van der Waals surface area contributed by atoms with Crippen LogP contribution in [0, 0.1) is 0 Å². The normalized spacial score (nSPS) is 12.2. The number of aliphatic carboxylic acids is 1. The lowest BCUT2D eigenvalue weighted by atomic mass is 10.1. The quantitative estimate of drug-likeness (QED) is 0.527. The molecule has 0 aliphatic rings. The second kappa shape index (κ2) is 7.34. The molecular formula is C15H16N6O3S. The molecule has 2 aromatic heterocycles. The van der Waals surface area contributed by atoms with Gasteiger partial charge < -0.3 is 15.4 Å². The molecule has 0 bridgehead atoms. The van der Waals surface area contributed by atoms with Gasteiger partial charge in [-0.15, -0.1) is 5.10 Å². The van der Waals surface area contributed by atoms with Gasteiger partial charge in [0.05, 0.1) is 5.75 Å². The number of hydrogen-bond acceptors (Lipinski definition) is 6. The van der Waals surface area contributed by atoms with Crippen molar-refractivity contribution in [2.75, 3.05) is 5.75 Å². The predicted octanol–water partition coefficient (Wildman–Crippen LogP) is 0.596. The van der Waals surface area contributed by atoms with Gasteiger partial charge in [-0.25, -0.2) is 9.48 Å². The number of nitrogens with zero attached hydrogens (tertiary/aromatic N) is 4. The van der Waals surface area contributed by atoms with Crippen LogP contribution in [0.15, 0.2) is 35.6 Å². The number of carbonyl (C=O) groups is 2. The van der Waals surface area contributed by atoms with Crippen LogP contribution in [0.4, 0.5) is 0 Å². The molecule has 3 aromatic rings. The number of carbonyl (C=O) groups excluding carboxylic acids is 1. The van der Waals surface area contributed by atoms with Crippen molar-refractivity contribution in [1.82, 2.24) is 30.5 Å². The van der Waals surface area contributed by atoms with E-state index in [1.54, 1.807) is 13.2 Å². The summed E-state index contributed by atoms with van der Waals surface area (Å²) in [6.07, 6.45) is 1.97. The first kappa shape index (κ1) is 17.0. The number of thioether (sulfide) groups is 1. The van der Waals surface area contributed by atoms with E-state index in [9.17, 15) is 14.7 Å². The monoisotopic (exact) mass is 360 g/mol. The third-order valence-corrected chi connectivity index (χ3v) is 4.66. The molecule has 3 N–H and O–H groups in total. The van der Waals surface area contributed by atoms with Crippen LogP contribution in [0.1, 0.15) is 5.56 Å². The minimum atomic E-state index is -1.08. The third-order valence-electron chi connectivity index (χ3n) is 3.65. The summed E-state index contributed by atoms with van der Waals surface area (Å²) in [4.78, 5) is 26.7. The number of H-pyrrole nitrogens is 1. The SMILES string of the molecule is Cn1nnnc1SCC(=O)NC(Cc1c[nH]c2ccccc12)C(=O)O. The van der Waals surface area contributed by atoms with E-state index < -0.39 is 12.0 Å². The molecule has 130 valence electrons. The highest BCUT2D eigenvalue weighted by atomic mass is 32.2. The van der Waals surface area contributed by atoms with Crippen molar-refractivity contribution in [2.24, 2.45) is 7.05 Å². The summed E-state index contributed by atoms with van der Waals surface area (Å²) in [5, 5.41) is 24.3. The van der Waals surface area contributed by atoms with E-state index in [0.717, 1.165) is 28.2 Å². The van der Waals surface area contributed by atoms with Crippen molar-refractivity contribution < 1.29 is 14.7 Å². The molecule has 1 atom stereocenters. The third kappa shape index (κ3) is 3.97. The van der Waals surface area contributed by atoms with E-state index in [1.807, 2.05) is 24.3 Å². The zero-order chi connectivity index (χ0) is 17.8. The smallest absolute Gasteiger partial charge is 0.326 e. The van der Waals surface area contributed by atoms with Gasteiger partial charge in [-0.05, 0) is 22.1 Å². The van der Waals surface area contributed by atoms with E-state index in [0.29, 0.717) is 5.16 Å². The molecule has 0 saturated heterocycles. The summed E-state index contributed by atoms with van der Waals surface area (Å²) in [5.41, 5.74) is 1.77. The van der Waals surface area contributed by atoms with Crippen molar-refractivity contribution >= 4 is 34.5 Å². The Morgan fingerprint density at radius 3 is 2.92 bits per heavy atom. The van der Waals surface area contributed by atoms with Crippen molar-refractivity contribution in [3.8, 4) is 0 Å². The number of hydrogen-bond donors (Lipinski definition) is 3. The van der Waals surface area contributed by atoms with Crippen molar-refractivity contribution in [3.05, 3.63) is 36.0 Å². The highest BCUT2D eigenvalue weighted by Crippen LogP contribution is 2.19. The number of carboxylic acids is 1. The Morgan fingerprint density at radius 1 is 1.40 bits per heavy atom. The van der Waals surface area contributed by atoms with E-state index in [-0.39, 0.29) is 18.1 Å². The summed E-state index contributed by atoms with van der Waals surface area (Å²) in [6, 6.07) is 6.61. The zero-order valence-electron chi connectivity index (χ0n) is 13.3. The number of carboxylic acid groups (broad SMARTS) is 1. The van der Waals surface area contributed by atoms with E-state index in [1.165, 1.54) is 4.68 Å². The summed E-state index contributed by atoms with van der Waals surface area (Å²) in [7, 11) is 1.66. The number of benzene rings is 1. The second-order valence-electron chi connectivity index (χ2n) is 5.40. The molecule has 0 aliphatic heterocycles. The Labute approximate surface area is 146 Å². The molecule has 0 fully saturated rings. The van der Waals surface area contributed by atoms with Crippen LogP contribution in [0.5, 0.6) is 0 Å². The van der Waals surface area contributed by atoms with E-state index in [2.05, 4.69) is 25.8 Å².